The SMILES string of the molecule is CC1(C)c2cc(-c3ccccc3)ccc2-c2cc3c(cc21)-c1nc2c(cc1C3(C)C)-c1c(cc(C#N)c3ccccc13)C2(C)C. The Morgan fingerprint density at radius 3 is 1.89 bits per heavy atom. The highest BCUT2D eigenvalue weighted by atomic mass is 14.8. The van der Waals surface area contributed by atoms with E-state index in [0.717, 1.165) is 27.7 Å². The van der Waals surface area contributed by atoms with Crippen LogP contribution < -0.4 is 0 Å². The van der Waals surface area contributed by atoms with Crippen LogP contribution in [0.25, 0.3) is 55.4 Å². The fourth-order valence-electron chi connectivity index (χ4n) is 8.69. The number of nitriles is 1. The Morgan fingerprint density at radius 1 is 0.511 bits per heavy atom. The predicted octanol–water partition coefficient (Wildman–Crippen LogP) is 10.7. The maximum Gasteiger partial charge on any atom is 0.0998 e. The minimum absolute atomic E-state index is 0.129. The predicted molar refractivity (Wildman–Crippen MR) is 185 cm³/mol. The summed E-state index contributed by atoms with van der Waals surface area (Å²) in [6, 6.07) is 38.0. The molecular weight excluding hydrogens is 544 g/mol. The summed E-state index contributed by atoms with van der Waals surface area (Å²) in [6.45, 7) is 14.0. The molecule has 5 aromatic carbocycles. The van der Waals surface area contributed by atoms with Crippen molar-refractivity contribution in [1.82, 2.24) is 4.98 Å². The zero-order valence-electron chi connectivity index (χ0n) is 26.6. The Balaban J connectivity index is 1.26. The molecule has 1 aromatic heterocycles. The largest absolute Gasteiger partial charge is 0.251 e. The molecule has 0 saturated heterocycles. The lowest BCUT2D eigenvalue weighted by Gasteiger charge is -2.24. The van der Waals surface area contributed by atoms with E-state index in [9.17, 15) is 5.26 Å². The van der Waals surface area contributed by atoms with Crippen LogP contribution in [0.4, 0.5) is 0 Å². The third-order valence-corrected chi connectivity index (χ3v) is 11.2. The normalized spacial score (nSPS) is 16.7. The van der Waals surface area contributed by atoms with Crippen LogP contribution in [-0.4, -0.2) is 4.98 Å². The topological polar surface area (TPSA) is 36.7 Å². The van der Waals surface area contributed by atoms with Crippen molar-refractivity contribution in [2.75, 3.05) is 0 Å². The number of fused-ring (bicyclic) bond motifs is 11. The highest BCUT2D eigenvalue weighted by molar-refractivity contribution is 6.05. The molecule has 0 unspecified atom stereocenters. The number of hydrogen-bond donors (Lipinski definition) is 0. The minimum Gasteiger partial charge on any atom is -0.251 e. The van der Waals surface area contributed by atoms with Gasteiger partial charge in [-0.1, -0.05) is 108 Å². The Hall–Kier alpha value is -5.00. The number of aromatic nitrogens is 1. The molecule has 3 aliphatic carbocycles. The molecule has 9 rings (SSSR count). The first kappa shape index (κ1) is 26.4. The van der Waals surface area contributed by atoms with Crippen LogP contribution in [0.2, 0.25) is 0 Å². The van der Waals surface area contributed by atoms with Crippen LogP contribution in [0, 0.1) is 11.3 Å². The Bertz CT molecular complexity index is 2350. The van der Waals surface area contributed by atoms with Gasteiger partial charge < -0.3 is 0 Å². The van der Waals surface area contributed by atoms with Gasteiger partial charge in [0.05, 0.1) is 23.0 Å². The van der Waals surface area contributed by atoms with E-state index < -0.39 is 0 Å². The number of pyridine rings is 1. The van der Waals surface area contributed by atoms with E-state index in [0.29, 0.717) is 0 Å². The molecule has 0 aliphatic heterocycles. The molecule has 0 spiro atoms. The van der Waals surface area contributed by atoms with Crippen molar-refractivity contribution < 1.29 is 0 Å². The van der Waals surface area contributed by atoms with Gasteiger partial charge in [-0.05, 0) is 91.4 Å². The van der Waals surface area contributed by atoms with Crippen molar-refractivity contribution >= 4 is 10.8 Å². The fraction of sp³-hybridized carbons (Fsp3) is 0.209. The number of rotatable bonds is 1. The summed E-state index contributed by atoms with van der Waals surface area (Å²) in [7, 11) is 0. The van der Waals surface area contributed by atoms with E-state index >= 15 is 0 Å². The Labute approximate surface area is 265 Å². The van der Waals surface area contributed by atoms with Crippen molar-refractivity contribution in [3.63, 3.8) is 0 Å². The highest BCUT2D eigenvalue weighted by Gasteiger charge is 2.46. The Morgan fingerprint density at radius 2 is 1.13 bits per heavy atom. The third-order valence-electron chi connectivity index (χ3n) is 11.2. The number of hydrogen-bond acceptors (Lipinski definition) is 2. The van der Waals surface area contributed by atoms with Crippen LogP contribution in [-0.2, 0) is 16.2 Å². The van der Waals surface area contributed by atoms with Crippen LogP contribution in [0.1, 0.15) is 80.6 Å². The average Bonchev–Trinajstić information content (AvgIpc) is 3.51. The molecule has 2 heteroatoms. The molecule has 0 radical (unpaired) electrons. The zero-order valence-corrected chi connectivity index (χ0v) is 26.6. The van der Waals surface area contributed by atoms with Gasteiger partial charge in [0.1, 0.15) is 0 Å². The zero-order chi connectivity index (χ0) is 31.0. The smallest absolute Gasteiger partial charge is 0.0998 e. The second-order valence-corrected chi connectivity index (χ2v) is 14.7. The molecular formula is C43H34N2. The van der Waals surface area contributed by atoms with Gasteiger partial charge >= 0.3 is 0 Å². The van der Waals surface area contributed by atoms with Crippen molar-refractivity contribution in [2.45, 2.75) is 57.8 Å². The number of nitrogens with zero attached hydrogens (tertiary/aromatic N) is 2. The van der Waals surface area contributed by atoms with Gasteiger partial charge in [-0.25, -0.2) is 0 Å². The quantitative estimate of drug-likeness (QED) is 0.195. The van der Waals surface area contributed by atoms with E-state index in [4.69, 9.17) is 4.98 Å². The molecule has 216 valence electrons. The summed E-state index contributed by atoms with van der Waals surface area (Å²) in [5.41, 5.74) is 17.8. The van der Waals surface area contributed by atoms with Crippen molar-refractivity contribution in [3.8, 4) is 50.7 Å². The maximum absolute atomic E-state index is 10.1. The lowest BCUT2D eigenvalue weighted by molar-refractivity contribution is 0.631. The van der Waals surface area contributed by atoms with E-state index in [1.165, 1.54) is 66.8 Å². The molecule has 2 nitrogen and oxygen atoms in total. The maximum atomic E-state index is 10.1. The first-order valence-corrected chi connectivity index (χ1v) is 16.0. The van der Waals surface area contributed by atoms with Gasteiger partial charge in [0.2, 0.25) is 0 Å². The highest BCUT2D eigenvalue weighted by Crippen LogP contribution is 2.59. The lowest BCUT2D eigenvalue weighted by Crippen LogP contribution is -2.19. The van der Waals surface area contributed by atoms with Gasteiger partial charge in [0.25, 0.3) is 0 Å². The van der Waals surface area contributed by atoms with Gasteiger partial charge in [-0.3, -0.25) is 4.98 Å². The summed E-state index contributed by atoms with van der Waals surface area (Å²) < 4.78 is 0. The van der Waals surface area contributed by atoms with Gasteiger partial charge in [0.15, 0.2) is 0 Å². The van der Waals surface area contributed by atoms with Crippen LogP contribution in [0.15, 0.2) is 97.1 Å². The molecule has 0 bridgehead atoms. The average molecular weight is 579 g/mol. The van der Waals surface area contributed by atoms with E-state index in [1.54, 1.807) is 0 Å². The van der Waals surface area contributed by atoms with Gasteiger partial charge in [-0.2, -0.15) is 5.26 Å². The lowest BCUT2D eigenvalue weighted by atomic mass is 9.79. The van der Waals surface area contributed by atoms with E-state index in [2.05, 4.69) is 139 Å². The van der Waals surface area contributed by atoms with Crippen LogP contribution in [0.5, 0.6) is 0 Å². The molecule has 0 saturated carbocycles. The third kappa shape index (κ3) is 3.21. The second-order valence-electron chi connectivity index (χ2n) is 14.7. The molecule has 3 aliphatic rings. The summed E-state index contributed by atoms with van der Waals surface area (Å²) in [5, 5.41) is 12.2. The summed E-state index contributed by atoms with van der Waals surface area (Å²) in [6.07, 6.45) is 0. The second kappa shape index (κ2) is 8.38. The summed E-state index contributed by atoms with van der Waals surface area (Å²) in [4.78, 5) is 5.59. The molecule has 1 heterocycles. The standard InChI is InChI=1S/C43H34N2/c1-41(2)33-18-25(24-12-8-7-9-13-24)16-17-28(33)30-20-35-31(21-34(30)41)39-37(42(35,3)4)22-32-38-29-15-11-10-14-27(29)26(23-44)19-36(38)43(5,6)40(32)45-39/h7-22H,1-6H3. The van der Waals surface area contributed by atoms with Crippen LogP contribution >= 0.6 is 0 Å². The summed E-state index contributed by atoms with van der Waals surface area (Å²) in [5.74, 6) is 0. The minimum atomic E-state index is -0.317. The van der Waals surface area contributed by atoms with Gasteiger partial charge in [-0.15, -0.1) is 0 Å². The van der Waals surface area contributed by atoms with Crippen molar-refractivity contribution in [1.29, 1.82) is 5.26 Å². The fourth-order valence-corrected chi connectivity index (χ4v) is 8.69. The van der Waals surface area contributed by atoms with E-state index in [-0.39, 0.29) is 16.2 Å². The molecule has 6 aromatic rings. The van der Waals surface area contributed by atoms with E-state index in [1.807, 2.05) is 6.07 Å². The molecule has 0 atom stereocenters. The molecule has 45 heavy (non-hydrogen) atoms. The van der Waals surface area contributed by atoms with Crippen LogP contribution in [0.3, 0.4) is 0 Å². The van der Waals surface area contributed by atoms with Crippen molar-refractivity contribution in [2.24, 2.45) is 0 Å². The van der Waals surface area contributed by atoms with Gasteiger partial charge in [0, 0.05) is 32.8 Å². The monoisotopic (exact) mass is 578 g/mol. The first-order valence-electron chi connectivity index (χ1n) is 16.0. The molecule has 0 amide bonds. The molecule has 0 N–H and O–H groups in total. The summed E-state index contributed by atoms with van der Waals surface area (Å²) >= 11 is 0. The van der Waals surface area contributed by atoms with Crippen molar-refractivity contribution in [3.05, 3.63) is 136 Å². The first-order chi connectivity index (χ1) is 21.5. The number of benzene rings is 5. The Kier molecular flexibility index (Phi) is 4.91. The molecule has 0 fully saturated rings.